The Morgan fingerprint density at radius 1 is 1.38 bits per heavy atom. The topological polar surface area (TPSA) is 44.0 Å². The maximum atomic E-state index is 10.8. The molecule has 114 valence electrons. The molecule has 1 saturated carbocycles. The summed E-state index contributed by atoms with van der Waals surface area (Å²) in [5.74, 6) is 0.679. The van der Waals surface area contributed by atoms with Crippen molar-refractivity contribution >= 4 is 23.2 Å². The number of aliphatic hydroxyl groups is 1. The first-order valence-electron chi connectivity index (χ1n) is 7.56. The molecule has 0 amide bonds. The lowest BCUT2D eigenvalue weighted by molar-refractivity contribution is 0.0237. The molecule has 0 bridgehead atoms. The van der Waals surface area contributed by atoms with E-state index in [4.69, 9.17) is 23.2 Å². The number of nitriles is 1. The van der Waals surface area contributed by atoms with Gasteiger partial charge in [-0.2, -0.15) is 5.26 Å². The van der Waals surface area contributed by atoms with E-state index >= 15 is 0 Å². The molecule has 0 aromatic heterocycles. The monoisotopic (exact) mass is 325 g/mol. The highest BCUT2D eigenvalue weighted by molar-refractivity contribution is 6.33. The number of aliphatic hydroxyl groups excluding tert-OH is 1. The summed E-state index contributed by atoms with van der Waals surface area (Å²) in [5.41, 5.74) is -0.168. The van der Waals surface area contributed by atoms with E-state index in [9.17, 15) is 10.4 Å². The summed E-state index contributed by atoms with van der Waals surface area (Å²) in [6, 6.07) is 7.41. The molecule has 2 nitrogen and oxygen atoms in total. The molecule has 0 spiro atoms. The van der Waals surface area contributed by atoms with Crippen LogP contribution in [-0.2, 0) is 0 Å². The van der Waals surface area contributed by atoms with Crippen molar-refractivity contribution in [3.05, 3.63) is 33.8 Å². The fraction of sp³-hybridized carbons (Fsp3) is 0.588. The Balaban J connectivity index is 2.22. The van der Waals surface area contributed by atoms with Gasteiger partial charge in [-0.15, -0.1) is 0 Å². The second kappa shape index (κ2) is 7.01. The van der Waals surface area contributed by atoms with Gasteiger partial charge in [0.2, 0.25) is 0 Å². The van der Waals surface area contributed by atoms with Crippen LogP contribution in [0.4, 0.5) is 0 Å². The van der Waals surface area contributed by atoms with Crippen LogP contribution in [0.2, 0.25) is 10.0 Å². The number of halogens is 2. The number of hydrogen-bond donors (Lipinski definition) is 1. The largest absolute Gasteiger partial charge is 0.387 e. The molecule has 1 aromatic carbocycles. The van der Waals surface area contributed by atoms with Gasteiger partial charge in [-0.3, -0.25) is 0 Å². The standard InChI is InChI=1S/C17H21Cl2NO/c1-2-3-12-6-8-17(11-20,9-7-12)16(21)14-10-13(18)4-5-15(14)19/h4-5,10,12,16,21H,2-3,6-9H2,1H3. The zero-order chi connectivity index (χ0) is 15.5. The first kappa shape index (κ1) is 16.6. The third-order valence-electron chi connectivity index (χ3n) is 4.69. The molecule has 0 radical (unpaired) electrons. The summed E-state index contributed by atoms with van der Waals surface area (Å²) in [5, 5.41) is 21.4. The molecule has 1 atom stereocenters. The third kappa shape index (κ3) is 3.54. The van der Waals surface area contributed by atoms with Gasteiger partial charge in [-0.1, -0.05) is 43.0 Å². The lowest BCUT2D eigenvalue weighted by atomic mass is 9.66. The van der Waals surface area contributed by atoms with E-state index in [-0.39, 0.29) is 0 Å². The van der Waals surface area contributed by atoms with Crippen molar-refractivity contribution in [3.8, 4) is 6.07 Å². The number of hydrogen-bond acceptors (Lipinski definition) is 2. The third-order valence-corrected chi connectivity index (χ3v) is 5.27. The van der Waals surface area contributed by atoms with Crippen LogP contribution in [0, 0.1) is 22.7 Å². The maximum Gasteiger partial charge on any atom is 0.0991 e. The van der Waals surface area contributed by atoms with Gasteiger partial charge in [0, 0.05) is 15.6 Å². The van der Waals surface area contributed by atoms with Crippen LogP contribution in [-0.4, -0.2) is 5.11 Å². The fourth-order valence-electron chi connectivity index (χ4n) is 3.36. The van der Waals surface area contributed by atoms with Crippen LogP contribution in [0.3, 0.4) is 0 Å². The summed E-state index contributed by atoms with van der Waals surface area (Å²) >= 11 is 12.2. The predicted octanol–water partition coefficient (Wildman–Crippen LogP) is 5.53. The van der Waals surface area contributed by atoms with Gasteiger partial charge in [0.25, 0.3) is 0 Å². The molecule has 4 heteroatoms. The van der Waals surface area contributed by atoms with Crippen molar-refractivity contribution < 1.29 is 5.11 Å². The SMILES string of the molecule is CCCC1CCC(C#N)(C(O)c2cc(Cl)ccc2Cl)CC1. The smallest absolute Gasteiger partial charge is 0.0991 e. The second-order valence-corrected chi connectivity index (χ2v) is 6.91. The molecular formula is C17H21Cl2NO. The number of nitrogens with zero attached hydrogens (tertiary/aromatic N) is 1. The number of rotatable bonds is 4. The summed E-state index contributed by atoms with van der Waals surface area (Å²) in [6.07, 6.45) is 4.93. The molecular weight excluding hydrogens is 305 g/mol. The normalized spacial score (nSPS) is 27.1. The van der Waals surface area contributed by atoms with E-state index in [0.29, 0.717) is 21.5 Å². The molecule has 1 aromatic rings. The van der Waals surface area contributed by atoms with E-state index in [1.807, 2.05) is 0 Å². The van der Waals surface area contributed by atoms with E-state index < -0.39 is 11.5 Å². The van der Waals surface area contributed by atoms with Crippen molar-refractivity contribution in [2.24, 2.45) is 11.3 Å². The second-order valence-electron chi connectivity index (χ2n) is 6.07. The Hall–Kier alpha value is -0.750. The van der Waals surface area contributed by atoms with Crippen molar-refractivity contribution in [1.82, 2.24) is 0 Å². The average Bonchev–Trinajstić information content (AvgIpc) is 2.50. The van der Waals surface area contributed by atoms with E-state index in [1.165, 1.54) is 12.8 Å². The van der Waals surface area contributed by atoms with Crippen LogP contribution < -0.4 is 0 Å². The minimum Gasteiger partial charge on any atom is -0.387 e. The first-order chi connectivity index (χ1) is 10.0. The van der Waals surface area contributed by atoms with Crippen LogP contribution in [0.15, 0.2) is 18.2 Å². The summed E-state index contributed by atoms with van der Waals surface area (Å²) in [4.78, 5) is 0. The number of benzene rings is 1. The Morgan fingerprint density at radius 2 is 2.05 bits per heavy atom. The maximum absolute atomic E-state index is 10.8. The van der Waals surface area contributed by atoms with Gasteiger partial charge in [-0.05, 0) is 49.8 Å². The zero-order valence-corrected chi connectivity index (χ0v) is 13.8. The molecule has 0 heterocycles. The molecule has 1 unspecified atom stereocenters. The first-order valence-corrected chi connectivity index (χ1v) is 8.32. The minimum absolute atomic E-state index is 0.470. The molecule has 0 saturated heterocycles. The van der Waals surface area contributed by atoms with Gasteiger partial charge in [0.1, 0.15) is 0 Å². The molecule has 1 fully saturated rings. The zero-order valence-electron chi connectivity index (χ0n) is 12.3. The predicted molar refractivity (Wildman–Crippen MR) is 86.3 cm³/mol. The minimum atomic E-state index is -0.878. The van der Waals surface area contributed by atoms with Crippen molar-refractivity contribution in [2.45, 2.75) is 51.6 Å². The van der Waals surface area contributed by atoms with E-state index in [2.05, 4.69) is 13.0 Å². The molecule has 1 aliphatic carbocycles. The van der Waals surface area contributed by atoms with Gasteiger partial charge in [-0.25, -0.2) is 0 Å². The van der Waals surface area contributed by atoms with Gasteiger partial charge in [0.15, 0.2) is 0 Å². The highest BCUT2D eigenvalue weighted by atomic mass is 35.5. The van der Waals surface area contributed by atoms with Gasteiger partial charge in [0.05, 0.1) is 17.6 Å². The van der Waals surface area contributed by atoms with E-state index in [1.54, 1.807) is 18.2 Å². The molecule has 0 aliphatic heterocycles. The van der Waals surface area contributed by atoms with Gasteiger partial charge < -0.3 is 5.11 Å². The fourth-order valence-corrected chi connectivity index (χ4v) is 3.76. The summed E-state index contributed by atoms with van der Waals surface area (Å²) in [6.45, 7) is 2.19. The average molecular weight is 326 g/mol. The Bertz CT molecular complexity index is 530. The lowest BCUT2D eigenvalue weighted by Crippen LogP contribution is -2.32. The Kier molecular flexibility index (Phi) is 5.54. The van der Waals surface area contributed by atoms with Crippen molar-refractivity contribution in [1.29, 1.82) is 5.26 Å². The highest BCUT2D eigenvalue weighted by Gasteiger charge is 2.42. The van der Waals surface area contributed by atoms with Gasteiger partial charge >= 0.3 is 0 Å². The molecule has 2 rings (SSSR count). The highest BCUT2D eigenvalue weighted by Crippen LogP contribution is 2.49. The Morgan fingerprint density at radius 3 is 2.62 bits per heavy atom. The Labute approximate surface area is 136 Å². The van der Waals surface area contributed by atoms with Crippen LogP contribution in [0.1, 0.15) is 57.1 Å². The van der Waals surface area contributed by atoms with Crippen LogP contribution in [0.25, 0.3) is 0 Å². The summed E-state index contributed by atoms with van der Waals surface area (Å²) in [7, 11) is 0. The van der Waals surface area contributed by atoms with Crippen molar-refractivity contribution in [2.75, 3.05) is 0 Å². The quantitative estimate of drug-likeness (QED) is 0.791. The molecule has 1 N–H and O–H groups in total. The van der Waals surface area contributed by atoms with Crippen molar-refractivity contribution in [3.63, 3.8) is 0 Å². The van der Waals surface area contributed by atoms with E-state index in [0.717, 1.165) is 25.7 Å². The molecule has 21 heavy (non-hydrogen) atoms. The molecule has 1 aliphatic rings. The summed E-state index contributed by atoms with van der Waals surface area (Å²) < 4.78 is 0. The lowest BCUT2D eigenvalue weighted by Gasteiger charge is -2.38. The van der Waals surface area contributed by atoms with Crippen LogP contribution >= 0.6 is 23.2 Å². The van der Waals surface area contributed by atoms with Crippen LogP contribution in [0.5, 0.6) is 0 Å².